The monoisotopic (exact) mass is 465 g/mol. The summed E-state index contributed by atoms with van der Waals surface area (Å²) in [4.78, 5) is 6.43. The predicted molar refractivity (Wildman–Crippen MR) is 127 cm³/mol. The van der Waals surface area contributed by atoms with Crippen LogP contribution in [0, 0.1) is 0 Å². The molecule has 1 aliphatic carbocycles. The van der Waals surface area contributed by atoms with Crippen molar-refractivity contribution in [2.75, 3.05) is 11.9 Å². The van der Waals surface area contributed by atoms with Crippen molar-refractivity contribution < 1.29 is 4.21 Å². The average molecular weight is 466 g/mol. The van der Waals surface area contributed by atoms with Crippen molar-refractivity contribution in [3.05, 3.63) is 52.5 Å². The van der Waals surface area contributed by atoms with E-state index in [1.807, 2.05) is 31.3 Å². The first-order valence-electron chi connectivity index (χ1n) is 10.1. The zero-order valence-corrected chi connectivity index (χ0v) is 19.4. The van der Waals surface area contributed by atoms with Gasteiger partial charge in [-0.1, -0.05) is 43.9 Å². The number of rotatable bonds is 8. The van der Waals surface area contributed by atoms with Crippen molar-refractivity contribution in [2.24, 2.45) is 11.5 Å². The van der Waals surface area contributed by atoms with E-state index in [4.69, 9.17) is 28.1 Å². The third-order valence-electron chi connectivity index (χ3n) is 4.91. The van der Waals surface area contributed by atoms with Crippen LogP contribution in [0.15, 0.2) is 52.4 Å². The maximum absolute atomic E-state index is 12.9. The Morgan fingerprint density at radius 1 is 1.30 bits per heavy atom. The van der Waals surface area contributed by atoms with Gasteiger partial charge in [0, 0.05) is 29.9 Å². The van der Waals surface area contributed by atoms with E-state index in [2.05, 4.69) is 10.0 Å². The summed E-state index contributed by atoms with van der Waals surface area (Å²) in [5.74, 6) is 0.928. The first-order chi connectivity index (χ1) is 14.5. The fourth-order valence-corrected chi connectivity index (χ4v) is 5.78. The lowest BCUT2D eigenvalue weighted by Crippen LogP contribution is -2.17. The van der Waals surface area contributed by atoms with Crippen LogP contribution in [0.5, 0.6) is 0 Å². The molecule has 1 heterocycles. The lowest BCUT2D eigenvalue weighted by Gasteiger charge is -2.18. The van der Waals surface area contributed by atoms with Crippen LogP contribution in [-0.4, -0.2) is 15.7 Å². The zero-order chi connectivity index (χ0) is 21.5. The van der Waals surface area contributed by atoms with Gasteiger partial charge >= 0.3 is 0 Å². The lowest BCUT2D eigenvalue weighted by atomic mass is 9.90. The molecule has 0 saturated heterocycles. The normalized spacial score (nSPS) is 17.1. The molecule has 1 fully saturated rings. The molecule has 1 saturated carbocycles. The molecule has 6 nitrogen and oxygen atoms in total. The number of nitrogens with one attached hydrogen (secondary N) is 2. The van der Waals surface area contributed by atoms with E-state index in [0.717, 1.165) is 16.1 Å². The number of anilines is 1. The Hall–Kier alpha value is -1.87. The van der Waals surface area contributed by atoms with Gasteiger partial charge in [0.05, 0.1) is 19.9 Å². The molecule has 3 rings (SSSR count). The molecular weight excluding hydrogens is 438 g/mol. The Balaban J connectivity index is 1.90. The van der Waals surface area contributed by atoms with Gasteiger partial charge in [-0.15, -0.1) is 11.3 Å². The second-order valence-electron chi connectivity index (χ2n) is 7.17. The van der Waals surface area contributed by atoms with Gasteiger partial charge in [-0.25, -0.2) is 13.9 Å². The first kappa shape index (κ1) is 22.8. The van der Waals surface area contributed by atoms with Crippen LogP contribution in [-0.2, 0) is 11.0 Å². The number of aromatic nitrogens is 1. The summed E-state index contributed by atoms with van der Waals surface area (Å²) in [6, 6.07) is 5.73. The van der Waals surface area contributed by atoms with Crippen LogP contribution in [0.2, 0.25) is 0 Å². The third kappa shape index (κ3) is 6.07. The van der Waals surface area contributed by atoms with Gasteiger partial charge in [0.15, 0.2) is 0 Å². The van der Waals surface area contributed by atoms with Crippen molar-refractivity contribution >= 4 is 39.6 Å². The molecule has 1 aromatic carbocycles. The topological polar surface area (TPSA) is 106 Å². The highest BCUT2D eigenvalue weighted by Crippen LogP contribution is 2.39. The average Bonchev–Trinajstić information content (AvgIpc) is 3.23. The van der Waals surface area contributed by atoms with Gasteiger partial charge in [0.2, 0.25) is 0 Å². The molecule has 30 heavy (non-hydrogen) atoms. The third-order valence-corrected chi connectivity index (χ3v) is 7.52. The number of allylic oxidation sites excluding steroid dienone is 2. The first-order valence-corrected chi connectivity index (χ1v) is 12.4. The molecule has 2 aromatic rings. The van der Waals surface area contributed by atoms with Crippen LogP contribution < -0.4 is 21.5 Å². The van der Waals surface area contributed by atoms with Crippen LogP contribution in [0.3, 0.4) is 0 Å². The largest absolute Gasteiger partial charge is 0.389 e. The minimum absolute atomic E-state index is 0.142. The molecule has 1 unspecified atom stereocenters. The molecular formula is C21H28ClN5OS2. The fraction of sp³-hybridized carbons (Fsp3) is 0.381. The van der Waals surface area contributed by atoms with Crippen molar-refractivity contribution in [1.29, 1.82) is 0 Å². The molecule has 1 atom stereocenters. The van der Waals surface area contributed by atoms with Crippen molar-refractivity contribution in [3.63, 3.8) is 0 Å². The van der Waals surface area contributed by atoms with Crippen molar-refractivity contribution in [1.82, 2.24) is 9.71 Å². The van der Waals surface area contributed by atoms with E-state index in [0.29, 0.717) is 23.2 Å². The summed E-state index contributed by atoms with van der Waals surface area (Å²) in [7, 11) is -1.35. The maximum Gasteiger partial charge on any atom is 0.125 e. The molecule has 0 amide bonds. The summed E-state index contributed by atoms with van der Waals surface area (Å²) < 4.78 is 15.9. The van der Waals surface area contributed by atoms with Gasteiger partial charge in [-0.2, -0.15) is 0 Å². The molecule has 162 valence electrons. The number of benzene rings is 1. The molecule has 0 spiro atoms. The number of nitrogens with zero attached hydrogens (tertiary/aromatic N) is 1. The molecule has 0 bridgehead atoms. The van der Waals surface area contributed by atoms with E-state index >= 15 is 0 Å². The number of nitrogens with two attached hydrogens (primary N) is 2. The summed E-state index contributed by atoms with van der Waals surface area (Å²) in [5.41, 5.74) is 13.0. The fourth-order valence-electron chi connectivity index (χ4n) is 3.49. The molecule has 1 aliphatic rings. The van der Waals surface area contributed by atoms with Gasteiger partial charge in [0.1, 0.15) is 16.8 Å². The van der Waals surface area contributed by atoms with Gasteiger partial charge < -0.3 is 16.8 Å². The zero-order valence-electron chi connectivity index (χ0n) is 17.0. The molecule has 0 aliphatic heterocycles. The van der Waals surface area contributed by atoms with Gasteiger partial charge in [0.25, 0.3) is 0 Å². The highest BCUT2D eigenvalue weighted by Gasteiger charge is 2.21. The van der Waals surface area contributed by atoms with Crippen LogP contribution in [0.1, 0.15) is 50.0 Å². The second-order valence-corrected chi connectivity index (χ2v) is 9.94. The van der Waals surface area contributed by atoms with Crippen LogP contribution in [0.25, 0.3) is 10.4 Å². The number of thiazole rings is 1. The quantitative estimate of drug-likeness (QED) is 0.332. The Kier molecular flexibility index (Phi) is 8.32. The lowest BCUT2D eigenvalue weighted by molar-refractivity contribution is 0.442. The van der Waals surface area contributed by atoms with Gasteiger partial charge in [-0.05, 0) is 37.1 Å². The van der Waals surface area contributed by atoms with Crippen LogP contribution in [0.4, 0.5) is 5.69 Å². The number of halogens is 1. The van der Waals surface area contributed by atoms with Crippen molar-refractivity contribution in [2.45, 2.75) is 49.8 Å². The Morgan fingerprint density at radius 3 is 2.77 bits per heavy atom. The summed E-state index contributed by atoms with van der Waals surface area (Å²) in [6.07, 6.45) is 11.3. The second kappa shape index (κ2) is 10.9. The number of hydrogen-bond acceptors (Lipinski definition) is 6. The minimum Gasteiger partial charge on any atom is -0.389 e. The summed E-state index contributed by atoms with van der Waals surface area (Å²) in [6.45, 7) is 2.53. The molecule has 6 N–H and O–H groups in total. The van der Waals surface area contributed by atoms with E-state index in [1.54, 1.807) is 17.4 Å². The molecule has 1 aromatic heterocycles. The standard InChI is InChI=1S/C21H28ClN5OS2/c1-2-26-30(28)18-12-15(27-20(24)11-10-19(22)23)8-9-16(18)17-13-25-21(29-17)14-6-4-3-5-7-14/h8-14,26-27H,2-7,23-24H2,1H3/b19-10-,20-11+. The summed E-state index contributed by atoms with van der Waals surface area (Å²) >= 11 is 7.34. The van der Waals surface area contributed by atoms with E-state index < -0.39 is 11.0 Å². The molecule has 0 radical (unpaired) electrons. The Bertz CT molecular complexity index is 947. The smallest absolute Gasteiger partial charge is 0.125 e. The highest BCUT2D eigenvalue weighted by atomic mass is 35.5. The summed E-state index contributed by atoms with van der Waals surface area (Å²) in [5, 5.41) is 4.40. The number of hydrogen-bond donors (Lipinski definition) is 4. The van der Waals surface area contributed by atoms with Gasteiger partial charge in [-0.3, -0.25) is 0 Å². The van der Waals surface area contributed by atoms with E-state index in [9.17, 15) is 4.21 Å². The van der Waals surface area contributed by atoms with Crippen molar-refractivity contribution in [3.8, 4) is 10.4 Å². The minimum atomic E-state index is -1.35. The van der Waals surface area contributed by atoms with Crippen LogP contribution >= 0.6 is 22.9 Å². The Morgan fingerprint density at radius 2 is 2.07 bits per heavy atom. The highest BCUT2D eigenvalue weighted by molar-refractivity contribution is 7.83. The SMILES string of the molecule is CCNS(=O)c1cc(N/C(N)=C/C=C(\N)Cl)ccc1-c1cnc(C2CCCCC2)s1. The van der Waals surface area contributed by atoms with E-state index in [-0.39, 0.29) is 5.16 Å². The molecule has 9 heteroatoms. The maximum atomic E-state index is 12.9. The van der Waals surface area contributed by atoms with E-state index in [1.165, 1.54) is 43.2 Å². The predicted octanol–water partition coefficient (Wildman–Crippen LogP) is 4.74. The Labute approximate surface area is 189 Å².